The van der Waals surface area contributed by atoms with Crippen LogP contribution < -0.4 is 5.32 Å². The summed E-state index contributed by atoms with van der Waals surface area (Å²) in [6.45, 7) is 15.0. The average Bonchev–Trinajstić information content (AvgIpc) is 2.31. The molecule has 20 heavy (non-hydrogen) atoms. The van der Waals surface area contributed by atoms with E-state index in [-0.39, 0.29) is 24.0 Å². The molecule has 1 atom stereocenters. The molecule has 0 aromatic rings. The lowest BCUT2D eigenvalue weighted by Gasteiger charge is -2.31. The Morgan fingerprint density at radius 3 is 2.00 bits per heavy atom. The molecule has 0 bridgehead atoms. The van der Waals surface area contributed by atoms with Crippen molar-refractivity contribution in [2.75, 3.05) is 6.54 Å². The predicted octanol–water partition coefficient (Wildman–Crippen LogP) is 3.46. The minimum atomic E-state index is -2.13. The molecule has 120 valence electrons. The molecule has 1 amide bonds. The Hall–Kier alpha value is -0.393. The highest BCUT2D eigenvalue weighted by Crippen LogP contribution is 2.19. The van der Waals surface area contributed by atoms with Crippen LogP contribution in [0.25, 0.3) is 0 Å². The van der Waals surface area contributed by atoms with E-state index in [9.17, 15) is 4.79 Å². The Bertz CT molecular complexity index is 272. The average molecular weight is 304 g/mol. The maximum atomic E-state index is 11.7. The van der Waals surface area contributed by atoms with Gasteiger partial charge in [-0.25, -0.2) is 0 Å². The van der Waals surface area contributed by atoms with Gasteiger partial charge in [0.25, 0.3) is 0 Å². The molecule has 1 unspecified atom stereocenters. The van der Waals surface area contributed by atoms with E-state index >= 15 is 0 Å². The molecule has 4 nitrogen and oxygen atoms in total. The summed E-state index contributed by atoms with van der Waals surface area (Å²) in [5, 5.41) is 2.98. The van der Waals surface area contributed by atoms with E-state index in [0.29, 0.717) is 6.54 Å². The lowest BCUT2D eigenvalue weighted by Crippen LogP contribution is -2.43. The fraction of sp³-hybridized carbons (Fsp3) is 0.933. The van der Waals surface area contributed by atoms with Crippen LogP contribution in [0.5, 0.6) is 0 Å². The van der Waals surface area contributed by atoms with Crippen molar-refractivity contribution in [2.45, 2.75) is 79.2 Å². The van der Waals surface area contributed by atoms with Gasteiger partial charge in [-0.15, -0.1) is 0 Å². The molecule has 0 aliphatic carbocycles. The normalized spacial score (nSPS) is 13.8. The van der Waals surface area contributed by atoms with Gasteiger partial charge in [-0.3, -0.25) is 4.79 Å². The first kappa shape index (κ1) is 19.6. The van der Waals surface area contributed by atoms with Gasteiger partial charge in [0, 0.05) is 24.7 Å². The third kappa shape index (κ3) is 8.71. The van der Waals surface area contributed by atoms with E-state index in [1.165, 1.54) is 0 Å². The molecule has 0 saturated heterocycles. The van der Waals surface area contributed by atoms with Crippen molar-refractivity contribution in [2.24, 2.45) is 5.92 Å². The molecule has 0 spiro atoms. The van der Waals surface area contributed by atoms with E-state index in [2.05, 4.69) is 11.9 Å². The molecular weight excluding hydrogens is 270 g/mol. The summed E-state index contributed by atoms with van der Waals surface area (Å²) in [5.74, 6) is 0.239. The quantitative estimate of drug-likeness (QED) is 0.496. The summed E-state index contributed by atoms with van der Waals surface area (Å²) in [7, 11) is -2.13. The van der Waals surface area contributed by atoms with Crippen molar-refractivity contribution in [3.05, 3.63) is 0 Å². The van der Waals surface area contributed by atoms with Gasteiger partial charge in [0.15, 0.2) is 0 Å². The smallest absolute Gasteiger partial charge is 0.335 e. The number of rotatable bonds is 10. The molecule has 0 rings (SSSR count). The van der Waals surface area contributed by atoms with E-state index in [0.717, 1.165) is 18.9 Å². The SMILES string of the molecule is CCC(C)C(=O)NCCC[Si](C)(OC(C)C)OC(C)C. The number of nitrogens with one attached hydrogen (secondary N) is 1. The molecule has 0 aliphatic rings. The van der Waals surface area contributed by atoms with E-state index in [1.807, 2.05) is 41.5 Å². The third-order valence-corrected chi connectivity index (χ3v) is 6.34. The Morgan fingerprint density at radius 2 is 1.60 bits per heavy atom. The van der Waals surface area contributed by atoms with Crippen LogP contribution in [0.15, 0.2) is 0 Å². The zero-order chi connectivity index (χ0) is 15.8. The Kier molecular flexibility index (Phi) is 9.34. The van der Waals surface area contributed by atoms with Crippen molar-refractivity contribution < 1.29 is 13.6 Å². The second-order valence-electron chi connectivity index (χ2n) is 6.17. The van der Waals surface area contributed by atoms with Gasteiger partial charge in [0.05, 0.1) is 0 Å². The highest BCUT2D eigenvalue weighted by atomic mass is 28.4. The molecule has 0 saturated carbocycles. The van der Waals surface area contributed by atoms with E-state index < -0.39 is 8.56 Å². The summed E-state index contributed by atoms with van der Waals surface area (Å²) in [4.78, 5) is 11.7. The van der Waals surface area contributed by atoms with Gasteiger partial charge in [0.1, 0.15) is 0 Å². The van der Waals surface area contributed by atoms with Crippen LogP contribution in [0.4, 0.5) is 0 Å². The summed E-state index contributed by atoms with van der Waals surface area (Å²) in [6, 6.07) is 0.907. The van der Waals surface area contributed by atoms with Crippen molar-refractivity contribution in [3.8, 4) is 0 Å². The number of amides is 1. The lowest BCUT2D eigenvalue weighted by atomic mass is 10.1. The topological polar surface area (TPSA) is 47.6 Å². The van der Waals surface area contributed by atoms with Crippen molar-refractivity contribution >= 4 is 14.5 Å². The van der Waals surface area contributed by atoms with Gasteiger partial charge in [-0.1, -0.05) is 13.8 Å². The Labute approximate surface area is 125 Å². The molecular formula is C15H33NO3Si. The van der Waals surface area contributed by atoms with Crippen LogP contribution in [0.1, 0.15) is 54.4 Å². The fourth-order valence-electron chi connectivity index (χ4n) is 2.12. The molecule has 0 radical (unpaired) electrons. The maximum Gasteiger partial charge on any atom is 0.335 e. The van der Waals surface area contributed by atoms with Crippen LogP contribution >= 0.6 is 0 Å². The second-order valence-corrected chi connectivity index (χ2v) is 9.41. The van der Waals surface area contributed by atoms with Gasteiger partial charge >= 0.3 is 8.56 Å². The van der Waals surface area contributed by atoms with Crippen LogP contribution in [0, 0.1) is 5.92 Å². The first-order valence-corrected chi connectivity index (χ1v) is 10.4. The Balaban J connectivity index is 4.17. The summed E-state index contributed by atoms with van der Waals surface area (Å²) in [6.07, 6.45) is 2.15. The molecule has 5 heteroatoms. The standard InChI is InChI=1S/C15H33NO3Si/c1-8-14(6)15(17)16-10-9-11-20(7,18-12(2)3)19-13(4)5/h12-14H,8-11H2,1-7H3,(H,16,17). The number of carbonyl (C=O) groups excluding carboxylic acids is 1. The molecule has 1 N–H and O–H groups in total. The van der Waals surface area contributed by atoms with Gasteiger partial charge in [-0.05, 0) is 53.1 Å². The Morgan fingerprint density at radius 1 is 1.10 bits per heavy atom. The zero-order valence-electron chi connectivity index (χ0n) is 14.3. The minimum Gasteiger partial charge on any atom is -0.392 e. The largest absolute Gasteiger partial charge is 0.392 e. The van der Waals surface area contributed by atoms with Crippen molar-refractivity contribution in [3.63, 3.8) is 0 Å². The monoisotopic (exact) mass is 303 g/mol. The third-order valence-electron chi connectivity index (χ3n) is 3.14. The number of hydrogen-bond acceptors (Lipinski definition) is 3. The fourth-order valence-corrected chi connectivity index (χ4v) is 5.23. The maximum absolute atomic E-state index is 11.7. The van der Waals surface area contributed by atoms with Gasteiger partial charge in [0.2, 0.25) is 5.91 Å². The lowest BCUT2D eigenvalue weighted by molar-refractivity contribution is -0.124. The predicted molar refractivity (Wildman–Crippen MR) is 85.9 cm³/mol. The molecule has 0 aromatic carbocycles. The van der Waals surface area contributed by atoms with Crippen LogP contribution in [0.3, 0.4) is 0 Å². The van der Waals surface area contributed by atoms with E-state index in [1.54, 1.807) is 0 Å². The zero-order valence-corrected chi connectivity index (χ0v) is 15.3. The molecule has 0 aliphatic heterocycles. The first-order chi connectivity index (χ1) is 9.20. The first-order valence-electron chi connectivity index (χ1n) is 7.83. The highest BCUT2D eigenvalue weighted by molar-refractivity contribution is 6.66. The minimum absolute atomic E-state index is 0.0949. The van der Waals surface area contributed by atoms with Crippen LogP contribution in [-0.2, 0) is 13.6 Å². The number of hydrogen-bond donors (Lipinski definition) is 1. The highest BCUT2D eigenvalue weighted by Gasteiger charge is 2.33. The van der Waals surface area contributed by atoms with Gasteiger partial charge in [-0.2, -0.15) is 0 Å². The van der Waals surface area contributed by atoms with Crippen molar-refractivity contribution in [1.29, 1.82) is 0 Å². The summed E-state index contributed by atoms with van der Waals surface area (Å²) >= 11 is 0. The van der Waals surface area contributed by atoms with Crippen molar-refractivity contribution in [1.82, 2.24) is 5.32 Å². The van der Waals surface area contributed by atoms with E-state index in [4.69, 9.17) is 8.85 Å². The van der Waals surface area contributed by atoms with Gasteiger partial charge < -0.3 is 14.2 Å². The molecule has 0 heterocycles. The second kappa shape index (κ2) is 9.53. The van der Waals surface area contributed by atoms with Crippen LogP contribution in [0.2, 0.25) is 12.6 Å². The molecule has 0 fully saturated rings. The summed E-state index contributed by atoms with van der Waals surface area (Å²) in [5.41, 5.74) is 0. The summed E-state index contributed by atoms with van der Waals surface area (Å²) < 4.78 is 12.1. The van der Waals surface area contributed by atoms with Crippen LogP contribution in [-0.4, -0.2) is 33.2 Å². The number of carbonyl (C=O) groups is 1. The molecule has 0 aromatic heterocycles.